The molecule has 1 heterocycles. The predicted octanol–water partition coefficient (Wildman–Crippen LogP) is 4.84. The molecule has 0 fully saturated rings. The van der Waals surface area contributed by atoms with Crippen molar-refractivity contribution in [3.63, 3.8) is 0 Å². The number of para-hydroxylation sites is 1. The average molecular weight is 415 g/mol. The van der Waals surface area contributed by atoms with E-state index in [0.29, 0.717) is 19.6 Å². The maximum Gasteiger partial charge on any atom is 0.321 e. The summed E-state index contributed by atoms with van der Waals surface area (Å²) in [5.41, 5.74) is 5.31. The summed E-state index contributed by atoms with van der Waals surface area (Å²) in [4.78, 5) is 15.0. The number of aliphatic carboxylic acids is 1. The second-order valence-corrected chi connectivity index (χ2v) is 7.76. The van der Waals surface area contributed by atoms with E-state index in [1.165, 1.54) is 5.56 Å². The third-order valence-electron chi connectivity index (χ3n) is 5.34. The molecule has 0 saturated heterocycles. The first kappa shape index (κ1) is 20.7. The minimum absolute atomic E-state index is 0.406. The Morgan fingerprint density at radius 3 is 2.68 bits per heavy atom. The first-order chi connectivity index (χ1) is 15.1. The number of ether oxygens (including phenoxy) is 1. The predicted molar refractivity (Wildman–Crippen MR) is 122 cm³/mol. The Labute approximate surface area is 181 Å². The van der Waals surface area contributed by atoms with Gasteiger partial charge in [-0.3, -0.25) is 4.79 Å². The zero-order valence-corrected chi connectivity index (χ0v) is 17.5. The van der Waals surface area contributed by atoms with Crippen LogP contribution in [0.1, 0.15) is 22.3 Å². The fraction of sp³-hybridized carbons (Fsp3) is 0.192. The highest BCUT2D eigenvalue weighted by atomic mass is 16.5. The van der Waals surface area contributed by atoms with Crippen molar-refractivity contribution in [2.75, 3.05) is 0 Å². The Morgan fingerprint density at radius 1 is 1.03 bits per heavy atom. The van der Waals surface area contributed by atoms with Crippen molar-refractivity contribution < 1.29 is 14.6 Å². The molecule has 0 aliphatic rings. The van der Waals surface area contributed by atoms with E-state index in [1.54, 1.807) is 0 Å². The number of aromatic nitrogens is 1. The van der Waals surface area contributed by atoms with Crippen LogP contribution in [0.5, 0.6) is 5.75 Å². The third-order valence-corrected chi connectivity index (χ3v) is 5.34. The molecule has 3 aromatic carbocycles. The Kier molecular flexibility index (Phi) is 6.34. The minimum atomic E-state index is -0.864. The van der Waals surface area contributed by atoms with Crippen LogP contribution >= 0.6 is 0 Å². The average Bonchev–Trinajstić information content (AvgIpc) is 3.18. The van der Waals surface area contributed by atoms with Gasteiger partial charge < -0.3 is 20.1 Å². The molecule has 0 unspecified atom stereocenters. The fourth-order valence-corrected chi connectivity index (χ4v) is 3.72. The van der Waals surface area contributed by atoms with Crippen molar-refractivity contribution in [1.29, 1.82) is 0 Å². The molecular formula is C26H26N2O3. The van der Waals surface area contributed by atoms with Crippen molar-refractivity contribution >= 4 is 16.9 Å². The van der Waals surface area contributed by atoms with Gasteiger partial charge in [-0.2, -0.15) is 0 Å². The molecule has 4 aromatic rings. The van der Waals surface area contributed by atoms with Gasteiger partial charge in [-0.1, -0.05) is 60.2 Å². The van der Waals surface area contributed by atoms with Crippen LogP contribution < -0.4 is 10.1 Å². The number of hydrogen-bond acceptors (Lipinski definition) is 3. The van der Waals surface area contributed by atoms with E-state index < -0.39 is 12.0 Å². The molecule has 4 rings (SSSR count). The monoisotopic (exact) mass is 414 g/mol. The van der Waals surface area contributed by atoms with E-state index in [9.17, 15) is 9.90 Å². The summed E-state index contributed by atoms with van der Waals surface area (Å²) >= 11 is 0. The summed E-state index contributed by atoms with van der Waals surface area (Å²) < 4.78 is 5.93. The molecule has 31 heavy (non-hydrogen) atoms. The van der Waals surface area contributed by atoms with Gasteiger partial charge in [0.25, 0.3) is 0 Å². The second kappa shape index (κ2) is 9.49. The topological polar surface area (TPSA) is 74.3 Å². The van der Waals surface area contributed by atoms with Crippen LogP contribution in [0.25, 0.3) is 10.9 Å². The molecule has 1 atom stereocenters. The molecular weight excluding hydrogens is 388 g/mol. The Hall–Kier alpha value is -3.57. The van der Waals surface area contributed by atoms with E-state index in [2.05, 4.69) is 29.4 Å². The Balaban J connectivity index is 1.38. The standard InChI is InChI=1S/C26H26N2O3/c1-18-6-4-8-20(12-18)17-31-22-9-5-7-19(13-22)15-27-25(26(29)30)14-21-16-28-24-11-3-2-10-23(21)24/h2-13,16,25,27-28H,14-15,17H2,1H3,(H,29,30)/t25-/m0/s1. The summed E-state index contributed by atoms with van der Waals surface area (Å²) in [5, 5.41) is 13.9. The first-order valence-electron chi connectivity index (χ1n) is 10.4. The molecule has 0 radical (unpaired) electrons. The van der Waals surface area contributed by atoms with Crippen molar-refractivity contribution in [1.82, 2.24) is 10.3 Å². The number of hydrogen-bond donors (Lipinski definition) is 3. The SMILES string of the molecule is Cc1cccc(COc2cccc(CN[C@@H](Cc3c[nH]c4ccccc34)C(=O)O)c2)c1. The quantitative estimate of drug-likeness (QED) is 0.366. The van der Waals surface area contributed by atoms with E-state index in [4.69, 9.17) is 4.74 Å². The van der Waals surface area contributed by atoms with Gasteiger partial charge in [0.1, 0.15) is 18.4 Å². The highest BCUT2D eigenvalue weighted by Gasteiger charge is 2.19. The molecule has 0 spiro atoms. The van der Waals surface area contributed by atoms with Crippen molar-refractivity contribution in [2.24, 2.45) is 0 Å². The molecule has 0 bridgehead atoms. The summed E-state index contributed by atoms with van der Waals surface area (Å²) in [5.74, 6) is -0.0959. The normalized spacial score (nSPS) is 12.0. The zero-order chi connectivity index (χ0) is 21.6. The highest BCUT2D eigenvalue weighted by molar-refractivity contribution is 5.84. The van der Waals surface area contributed by atoms with Crippen molar-refractivity contribution in [3.8, 4) is 5.75 Å². The van der Waals surface area contributed by atoms with Crippen LogP contribution in [-0.4, -0.2) is 22.1 Å². The number of carboxylic acids is 1. The smallest absolute Gasteiger partial charge is 0.321 e. The lowest BCUT2D eigenvalue weighted by Gasteiger charge is -2.15. The van der Waals surface area contributed by atoms with Crippen LogP contribution in [0.15, 0.2) is 79.0 Å². The van der Waals surface area contributed by atoms with Crippen LogP contribution in [0, 0.1) is 6.92 Å². The van der Waals surface area contributed by atoms with Crippen LogP contribution in [0.2, 0.25) is 0 Å². The number of aryl methyl sites for hydroxylation is 1. The van der Waals surface area contributed by atoms with Crippen LogP contribution in [0.3, 0.4) is 0 Å². The number of fused-ring (bicyclic) bond motifs is 1. The van der Waals surface area contributed by atoms with Gasteiger partial charge in [0.2, 0.25) is 0 Å². The van der Waals surface area contributed by atoms with Crippen molar-refractivity contribution in [3.05, 3.63) is 101 Å². The highest BCUT2D eigenvalue weighted by Crippen LogP contribution is 2.20. The van der Waals surface area contributed by atoms with Crippen LogP contribution in [-0.2, 0) is 24.4 Å². The molecule has 0 amide bonds. The lowest BCUT2D eigenvalue weighted by Crippen LogP contribution is -2.38. The first-order valence-corrected chi connectivity index (χ1v) is 10.4. The number of carboxylic acid groups (broad SMARTS) is 1. The number of rotatable bonds is 9. The molecule has 158 valence electrons. The van der Waals surface area contributed by atoms with Gasteiger partial charge in [0.05, 0.1) is 0 Å². The van der Waals surface area contributed by atoms with E-state index >= 15 is 0 Å². The number of H-pyrrole nitrogens is 1. The van der Waals surface area contributed by atoms with E-state index in [0.717, 1.165) is 33.3 Å². The van der Waals surface area contributed by atoms with Gasteiger partial charge in [0, 0.05) is 30.1 Å². The molecule has 3 N–H and O–H groups in total. The third kappa shape index (κ3) is 5.32. The Bertz CT molecular complexity index is 1180. The van der Waals surface area contributed by atoms with E-state index in [1.807, 2.05) is 66.9 Å². The van der Waals surface area contributed by atoms with Gasteiger partial charge in [-0.15, -0.1) is 0 Å². The summed E-state index contributed by atoms with van der Waals surface area (Å²) in [6.07, 6.45) is 2.30. The van der Waals surface area contributed by atoms with Gasteiger partial charge in [0.15, 0.2) is 0 Å². The summed E-state index contributed by atoms with van der Waals surface area (Å²) in [7, 11) is 0. The molecule has 5 heteroatoms. The summed E-state index contributed by atoms with van der Waals surface area (Å²) in [6.45, 7) is 3.00. The minimum Gasteiger partial charge on any atom is -0.489 e. The fourth-order valence-electron chi connectivity index (χ4n) is 3.72. The van der Waals surface area contributed by atoms with Crippen LogP contribution in [0.4, 0.5) is 0 Å². The molecule has 0 aliphatic heterocycles. The van der Waals surface area contributed by atoms with E-state index in [-0.39, 0.29) is 0 Å². The summed E-state index contributed by atoms with van der Waals surface area (Å²) in [6, 6.07) is 23.2. The number of carbonyl (C=O) groups is 1. The number of nitrogens with one attached hydrogen (secondary N) is 2. The number of aromatic amines is 1. The molecule has 1 aromatic heterocycles. The van der Waals surface area contributed by atoms with Gasteiger partial charge >= 0.3 is 5.97 Å². The Morgan fingerprint density at radius 2 is 1.84 bits per heavy atom. The zero-order valence-electron chi connectivity index (χ0n) is 17.5. The largest absolute Gasteiger partial charge is 0.489 e. The lowest BCUT2D eigenvalue weighted by atomic mass is 10.0. The van der Waals surface area contributed by atoms with Gasteiger partial charge in [-0.05, 0) is 41.8 Å². The van der Waals surface area contributed by atoms with Gasteiger partial charge in [-0.25, -0.2) is 0 Å². The number of benzene rings is 3. The molecule has 0 saturated carbocycles. The molecule has 5 nitrogen and oxygen atoms in total. The maximum absolute atomic E-state index is 11.8. The lowest BCUT2D eigenvalue weighted by molar-refractivity contribution is -0.139. The molecule has 0 aliphatic carbocycles. The second-order valence-electron chi connectivity index (χ2n) is 7.76. The van der Waals surface area contributed by atoms with Crippen molar-refractivity contribution in [2.45, 2.75) is 32.5 Å². The maximum atomic E-state index is 11.8.